The first-order chi connectivity index (χ1) is 17.0. The minimum absolute atomic E-state index is 0.261. The van der Waals surface area contributed by atoms with Gasteiger partial charge in [-0.3, -0.25) is 0 Å². The lowest BCUT2D eigenvalue weighted by molar-refractivity contribution is -0.189. The highest BCUT2D eigenvalue weighted by atomic mass is 19.3. The molecule has 0 unspecified atom stereocenters. The fraction of sp³-hybridized carbons (Fsp3) is 0.310. The second-order valence-electron chi connectivity index (χ2n) is 9.49. The molecular weight excluding hydrogens is 478 g/mol. The van der Waals surface area contributed by atoms with Crippen molar-refractivity contribution in [2.45, 2.75) is 45.6 Å². The van der Waals surface area contributed by atoms with E-state index in [1.165, 1.54) is 31.9 Å². The van der Waals surface area contributed by atoms with Crippen LogP contribution in [0.2, 0.25) is 0 Å². The van der Waals surface area contributed by atoms with Gasteiger partial charge in [-0.1, -0.05) is 44.1 Å². The Morgan fingerprint density at radius 3 is 1.92 bits per heavy atom. The Bertz CT molecular complexity index is 1210. The molecular formula is C29H26F6O. The van der Waals surface area contributed by atoms with Crippen LogP contribution in [0.4, 0.5) is 26.3 Å². The average Bonchev–Trinajstić information content (AvgIpc) is 2.78. The molecule has 190 valence electrons. The Morgan fingerprint density at radius 2 is 1.36 bits per heavy atom. The molecule has 3 aromatic rings. The van der Waals surface area contributed by atoms with E-state index in [4.69, 9.17) is 0 Å². The zero-order chi connectivity index (χ0) is 26.0. The molecule has 0 saturated heterocycles. The summed E-state index contributed by atoms with van der Waals surface area (Å²) in [6.45, 7) is 3.68. The van der Waals surface area contributed by atoms with E-state index in [0.717, 1.165) is 36.5 Å². The molecule has 0 N–H and O–H groups in total. The Balaban J connectivity index is 1.52. The van der Waals surface area contributed by atoms with Crippen molar-refractivity contribution in [3.63, 3.8) is 0 Å². The van der Waals surface area contributed by atoms with Crippen LogP contribution < -0.4 is 4.74 Å². The summed E-state index contributed by atoms with van der Waals surface area (Å²) in [6, 6.07) is 8.62. The SMILES string of the molecule is Cc1cc(F)c(-c2cc(F)c(C(F)(F)Oc3ccc(/C=C/C4CCC(C)CC4)cc3)c(F)c2)c(F)c1. The van der Waals surface area contributed by atoms with E-state index in [2.05, 4.69) is 17.7 Å². The van der Waals surface area contributed by atoms with Crippen LogP contribution in [0.25, 0.3) is 17.2 Å². The molecule has 1 saturated carbocycles. The average molecular weight is 505 g/mol. The van der Waals surface area contributed by atoms with Gasteiger partial charge in [0.15, 0.2) is 0 Å². The van der Waals surface area contributed by atoms with E-state index in [1.54, 1.807) is 12.1 Å². The molecule has 1 fully saturated rings. The highest BCUT2D eigenvalue weighted by Gasteiger charge is 2.41. The maximum Gasteiger partial charge on any atom is 0.432 e. The summed E-state index contributed by atoms with van der Waals surface area (Å²) in [7, 11) is 0. The summed E-state index contributed by atoms with van der Waals surface area (Å²) in [5.41, 5.74) is -1.84. The molecule has 0 bridgehead atoms. The predicted octanol–water partition coefficient (Wildman–Crippen LogP) is 9.19. The molecule has 36 heavy (non-hydrogen) atoms. The van der Waals surface area contributed by atoms with Gasteiger partial charge >= 0.3 is 6.11 Å². The lowest BCUT2D eigenvalue weighted by Gasteiger charge is -2.23. The van der Waals surface area contributed by atoms with Crippen LogP contribution in [-0.4, -0.2) is 0 Å². The molecule has 0 spiro atoms. The van der Waals surface area contributed by atoms with Gasteiger partial charge in [0.2, 0.25) is 0 Å². The first kappa shape index (κ1) is 25.9. The fourth-order valence-electron chi connectivity index (χ4n) is 4.54. The number of hydrogen-bond acceptors (Lipinski definition) is 1. The number of alkyl halides is 2. The van der Waals surface area contributed by atoms with Gasteiger partial charge in [0.1, 0.15) is 34.6 Å². The van der Waals surface area contributed by atoms with E-state index in [9.17, 15) is 26.3 Å². The van der Waals surface area contributed by atoms with Gasteiger partial charge < -0.3 is 4.74 Å². The third-order valence-corrected chi connectivity index (χ3v) is 6.56. The van der Waals surface area contributed by atoms with E-state index in [-0.39, 0.29) is 11.3 Å². The Hall–Kier alpha value is -3.22. The molecule has 7 heteroatoms. The molecule has 1 aliphatic carbocycles. The van der Waals surface area contributed by atoms with Crippen LogP contribution in [0, 0.1) is 42.0 Å². The molecule has 4 rings (SSSR count). The molecule has 0 amide bonds. The number of halogens is 6. The van der Waals surface area contributed by atoms with Crippen molar-refractivity contribution in [2.24, 2.45) is 11.8 Å². The number of aryl methyl sites for hydroxylation is 1. The maximum atomic E-state index is 14.8. The summed E-state index contributed by atoms with van der Waals surface area (Å²) < 4.78 is 91.9. The lowest BCUT2D eigenvalue weighted by Crippen LogP contribution is -2.25. The topological polar surface area (TPSA) is 9.23 Å². The van der Waals surface area contributed by atoms with Crippen molar-refractivity contribution in [1.82, 2.24) is 0 Å². The number of rotatable bonds is 6. The van der Waals surface area contributed by atoms with Gasteiger partial charge in [0.25, 0.3) is 0 Å². The third-order valence-electron chi connectivity index (χ3n) is 6.56. The van der Waals surface area contributed by atoms with Crippen molar-refractivity contribution in [3.8, 4) is 16.9 Å². The second-order valence-corrected chi connectivity index (χ2v) is 9.49. The van der Waals surface area contributed by atoms with E-state index >= 15 is 0 Å². The minimum atomic E-state index is -4.37. The standard InChI is InChI=1S/C29H26F6O/c1-17-3-5-19(6-4-17)7-8-20-9-11-22(12-10-20)36-29(34,35)28-25(32)15-21(16-26(28)33)27-23(30)13-18(2)14-24(27)31/h7-17,19H,3-6H2,1-2H3/b8-7+. The van der Waals surface area contributed by atoms with Crippen LogP contribution in [-0.2, 0) is 6.11 Å². The molecule has 0 heterocycles. The fourth-order valence-corrected chi connectivity index (χ4v) is 4.54. The lowest BCUT2D eigenvalue weighted by atomic mass is 9.83. The highest BCUT2D eigenvalue weighted by molar-refractivity contribution is 5.66. The van der Waals surface area contributed by atoms with E-state index in [0.29, 0.717) is 18.1 Å². The molecule has 3 aromatic carbocycles. The van der Waals surface area contributed by atoms with Gasteiger partial charge in [-0.05, 0) is 84.7 Å². The van der Waals surface area contributed by atoms with Gasteiger partial charge in [-0.15, -0.1) is 0 Å². The van der Waals surface area contributed by atoms with Gasteiger partial charge in [0, 0.05) is 0 Å². The smallest absolute Gasteiger partial charge is 0.429 e. The van der Waals surface area contributed by atoms with Gasteiger partial charge in [-0.2, -0.15) is 8.78 Å². The summed E-state index contributed by atoms with van der Waals surface area (Å²) in [4.78, 5) is 0. The second kappa shape index (κ2) is 10.4. The van der Waals surface area contributed by atoms with Crippen LogP contribution in [0.15, 0.2) is 54.6 Å². The van der Waals surface area contributed by atoms with E-state index < -0.39 is 46.1 Å². The zero-order valence-electron chi connectivity index (χ0n) is 19.9. The van der Waals surface area contributed by atoms with Crippen molar-refractivity contribution in [1.29, 1.82) is 0 Å². The maximum absolute atomic E-state index is 14.8. The molecule has 1 nitrogen and oxygen atoms in total. The first-order valence-electron chi connectivity index (χ1n) is 11.8. The molecule has 0 radical (unpaired) electrons. The summed E-state index contributed by atoms with van der Waals surface area (Å²) in [5.74, 6) is -4.56. The predicted molar refractivity (Wildman–Crippen MR) is 128 cm³/mol. The minimum Gasteiger partial charge on any atom is -0.429 e. The summed E-state index contributed by atoms with van der Waals surface area (Å²) in [6.07, 6.45) is 4.26. The largest absolute Gasteiger partial charge is 0.432 e. The highest BCUT2D eigenvalue weighted by Crippen LogP contribution is 2.38. The van der Waals surface area contributed by atoms with Crippen LogP contribution in [0.1, 0.15) is 49.3 Å². The molecule has 1 aliphatic rings. The third kappa shape index (κ3) is 5.77. The van der Waals surface area contributed by atoms with Crippen LogP contribution >= 0.6 is 0 Å². The van der Waals surface area contributed by atoms with Gasteiger partial charge in [-0.25, -0.2) is 17.6 Å². The van der Waals surface area contributed by atoms with Crippen molar-refractivity contribution >= 4 is 6.08 Å². The van der Waals surface area contributed by atoms with E-state index in [1.807, 2.05) is 6.08 Å². The Kier molecular flexibility index (Phi) is 7.48. The summed E-state index contributed by atoms with van der Waals surface area (Å²) >= 11 is 0. The molecule has 0 aliphatic heterocycles. The Labute approximate surface area is 206 Å². The monoisotopic (exact) mass is 504 g/mol. The van der Waals surface area contributed by atoms with Crippen molar-refractivity contribution in [2.75, 3.05) is 0 Å². The summed E-state index contributed by atoms with van der Waals surface area (Å²) in [5, 5.41) is 0. The molecule has 0 atom stereocenters. The van der Waals surface area contributed by atoms with Crippen LogP contribution in [0.3, 0.4) is 0 Å². The quantitative estimate of drug-likeness (QED) is 0.304. The molecule has 0 aromatic heterocycles. The number of hydrogen-bond donors (Lipinski definition) is 0. The Morgan fingerprint density at radius 1 is 0.806 bits per heavy atom. The van der Waals surface area contributed by atoms with Gasteiger partial charge in [0.05, 0.1) is 5.56 Å². The zero-order valence-corrected chi connectivity index (χ0v) is 19.9. The number of benzene rings is 3. The van der Waals surface area contributed by atoms with Crippen LogP contribution in [0.5, 0.6) is 5.75 Å². The van der Waals surface area contributed by atoms with Crippen molar-refractivity contribution in [3.05, 3.63) is 94.6 Å². The number of allylic oxidation sites excluding steroid dienone is 1. The number of ether oxygens (including phenoxy) is 1. The normalized spacial score (nSPS) is 18.6. The van der Waals surface area contributed by atoms with Crippen molar-refractivity contribution < 1.29 is 31.1 Å². The first-order valence-corrected chi connectivity index (χ1v) is 11.8.